The van der Waals surface area contributed by atoms with Crippen molar-refractivity contribution in [2.75, 3.05) is 6.54 Å². The number of likely N-dealkylation sites (tertiary alicyclic amines) is 1. The van der Waals surface area contributed by atoms with Crippen LogP contribution in [0.25, 0.3) is 11.5 Å². The molecule has 5 rings (SSSR count). The van der Waals surface area contributed by atoms with Gasteiger partial charge >= 0.3 is 0 Å². The minimum absolute atomic E-state index is 0.227. The summed E-state index contributed by atoms with van der Waals surface area (Å²) in [5.41, 5.74) is 3.87. The molecule has 2 bridgehead atoms. The second kappa shape index (κ2) is 7.18. The van der Waals surface area contributed by atoms with Crippen molar-refractivity contribution < 1.29 is 4.79 Å². The lowest BCUT2D eigenvalue weighted by Gasteiger charge is -2.27. The normalized spacial score (nSPS) is 20.8. The van der Waals surface area contributed by atoms with Crippen molar-refractivity contribution in [3.05, 3.63) is 34.9 Å². The quantitative estimate of drug-likeness (QED) is 0.649. The van der Waals surface area contributed by atoms with Crippen molar-refractivity contribution in [2.45, 2.75) is 71.8 Å². The highest BCUT2D eigenvalue weighted by molar-refractivity contribution is 5.77. The van der Waals surface area contributed by atoms with Gasteiger partial charge in [0.2, 0.25) is 5.91 Å². The van der Waals surface area contributed by atoms with Crippen molar-refractivity contribution in [1.29, 1.82) is 0 Å². The number of aromatic nitrogens is 6. The summed E-state index contributed by atoms with van der Waals surface area (Å²) in [6.45, 7) is 9.18. The molecule has 3 aromatic rings. The number of carbonyl (C=O) groups is 1. The van der Waals surface area contributed by atoms with Crippen molar-refractivity contribution in [3.63, 3.8) is 0 Å². The highest BCUT2D eigenvalue weighted by Gasteiger charge is 2.39. The van der Waals surface area contributed by atoms with Crippen LogP contribution in [0.3, 0.4) is 0 Å². The predicted molar refractivity (Wildman–Crippen MR) is 113 cm³/mol. The molecule has 8 nitrogen and oxygen atoms in total. The maximum absolute atomic E-state index is 12.8. The smallest absolute Gasteiger partial charge is 0.223 e. The zero-order valence-corrected chi connectivity index (χ0v) is 18.2. The van der Waals surface area contributed by atoms with E-state index < -0.39 is 0 Å². The Morgan fingerprint density at radius 3 is 2.70 bits per heavy atom. The number of nitrogens with zero attached hydrogens (tertiary/aromatic N) is 7. The molecule has 158 valence electrons. The Labute approximate surface area is 176 Å². The fraction of sp³-hybridized carbons (Fsp3) is 0.591. The van der Waals surface area contributed by atoms with Crippen LogP contribution in [0.4, 0.5) is 0 Å². The summed E-state index contributed by atoms with van der Waals surface area (Å²) in [5.74, 6) is 2.82. The molecule has 1 amide bonds. The Bertz CT molecular complexity index is 1110. The summed E-state index contributed by atoms with van der Waals surface area (Å²) in [6, 6.07) is 4.33. The third kappa shape index (κ3) is 3.09. The van der Waals surface area contributed by atoms with Gasteiger partial charge in [-0.1, -0.05) is 13.8 Å². The van der Waals surface area contributed by atoms with E-state index in [4.69, 9.17) is 10.2 Å². The lowest BCUT2D eigenvalue weighted by atomic mass is 10.1. The van der Waals surface area contributed by atoms with E-state index in [-0.39, 0.29) is 5.92 Å². The molecule has 0 aromatic carbocycles. The van der Waals surface area contributed by atoms with Gasteiger partial charge in [-0.25, -0.2) is 4.68 Å². The van der Waals surface area contributed by atoms with Crippen LogP contribution in [-0.2, 0) is 11.2 Å². The largest absolute Gasteiger partial charge is 0.339 e. The van der Waals surface area contributed by atoms with E-state index >= 15 is 0 Å². The molecular formula is C22H29N7O. The maximum Gasteiger partial charge on any atom is 0.223 e. The lowest BCUT2D eigenvalue weighted by Crippen LogP contribution is -2.37. The van der Waals surface area contributed by atoms with Crippen LogP contribution in [0.15, 0.2) is 12.1 Å². The van der Waals surface area contributed by atoms with Crippen molar-refractivity contribution in [3.8, 4) is 5.82 Å². The van der Waals surface area contributed by atoms with E-state index in [1.807, 2.05) is 23.7 Å². The monoisotopic (exact) mass is 407 g/mol. The Kier molecular flexibility index (Phi) is 4.60. The van der Waals surface area contributed by atoms with Crippen molar-refractivity contribution >= 4 is 11.6 Å². The highest BCUT2D eigenvalue weighted by atomic mass is 16.2. The first-order valence-electron chi connectivity index (χ1n) is 11.0. The molecule has 0 spiro atoms. The van der Waals surface area contributed by atoms with Gasteiger partial charge in [0.05, 0.1) is 5.69 Å². The maximum atomic E-state index is 12.8. The first-order valence-corrected chi connectivity index (χ1v) is 11.0. The summed E-state index contributed by atoms with van der Waals surface area (Å²) in [7, 11) is 0. The van der Waals surface area contributed by atoms with Gasteiger partial charge in [-0.05, 0) is 63.1 Å². The molecule has 1 aliphatic carbocycles. The van der Waals surface area contributed by atoms with Gasteiger partial charge in [-0.2, -0.15) is 9.61 Å². The molecule has 1 aliphatic heterocycles. The summed E-state index contributed by atoms with van der Waals surface area (Å²) >= 11 is 0. The minimum Gasteiger partial charge on any atom is -0.339 e. The van der Waals surface area contributed by atoms with Crippen LogP contribution in [-0.4, -0.2) is 53.0 Å². The molecule has 1 saturated heterocycles. The molecule has 2 fully saturated rings. The fourth-order valence-corrected chi connectivity index (χ4v) is 5.13. The summed E-state index contributed by atoms with van der Waals surface area (Å²) in [6.07, 6.45) is 4.95. The Morgan fingerprint density at radius 1 is 1.17 bits per heavy atom. The molecule has 1 saturated carbocycles. The number of hydrogen-bond acceptors (Lipinski definition) is 5. The van der Waals surface area contributed by atoms with E-state index in [1.54, 1.807) is 4.52 Å². The summed E-state index contributed by atoms with van der Waals surface area (Å²) in [5, 5.41) is 17.9. The molecular weight excluding hydrogens is 378 g/mol. The predicted octanol–water partition coefficient (Wildman–Crippen LogP) is 2.99. The molecule has 0 radical (unpaired) electrons. The topological polar surface area (TPSA) is 81.2 Å². The zero-order valence-electron chi connectivity index (χ0n) is 18.2. The van der Waals surface area contributed by atoms with Gasteiger partial charge in [0.25, 0.3) is 0 Å². The van der Waals surface area contributed by atoms with E-state index in [9.17, 15) is 4.79 Å². The third-order valence-electron chi connectivity index (χ3n) is 6.77. The second-order valence-electron chi connectivity index (χ2n) is 9.11. The zero-order chi connectivity index (χ0) is 21.0. The van der Waals surface area contributed by atoms with Gasteiger partial charge in [0, 0.05) is 30.6 Å². The van der Waals surface area contributed by atoms with Crippen LogP contribution in [0.1, 0.15) is 68.2 Å². The number of amides is 1. The van der Waals surface area contributed by atoms with E-state index in [0.29, 0.717) is 18.4 Å². The molecule has 2 unspecified atom stereocenters. The Hall–Kier alpha value is -2.77. The van der Waals surface area contributed by atoms with Gasteiger partial charge in [-0.15, -0.1) is 15.3 Å². The molecule has 8 heteroatoms. The summed E-state index contributed by atoms with van der Waals surface area (Å²) in [4.78, 5) is 14.9. The molecule has 2 atom stereocenters. The van der Waals surface area contributed by atoms with Crippen LogP contribution in [0.5, 0.6) is 0 Å². The number of rotatable bonds is 5. The SMILES string of the molecule is Cc1nn(-c2ccc3nnc(C(C)C)n3n2)c(C)c1CCC(=O)N1CC2CCC1C2. The third-order valence-corrected chi connectivity index (χ3v) is 6.77. The van der Waals surface area contributed by atoms with Gasteiger partial charge in [-0.3, -0.25) is 4.79 Å². The Balaban J connectivity index is 1.38. The van der Waals surface area contributed by atoms with Crippen molar-refractivity contribution in [2.24, 2.45) is 5.92 Å². The standard InChI is InChI=1S/C22H29N7O/c1-13(2)22-24-23-19-8-9-20(26-29(19)22)28-15(4)18(14(3)25-28)7-10-21(30)27-12-16-5-6-17(27)11-16/h8-9,13,16-17H,5-7,10-12H2,1-4H3. The fourth-order valence-electron chi connectivity index (χ4n) is 5.13. The van der Waals surface area contributed by atoms with Crippen LogP contribution < -0.4 is 0 Å². The highest BCUT2D eigenvalue weighted by Crippen LogP contribution is 2.37. The number of aryl methyl sites for hydroxylation is 1. The van der Waals surface area contributed by atoms with Gasteiger partial charge < -0.3 is 4.90 Å². The lowest BCUT2D eigenvalue weighted by molar-refractivity contribution is -0.132. The van der Waals surface area contributed by atoms with Crippen LogP contribution in [0.2, 0.25) is 0 Å². The molecule has 3 aromatic heterocycles. The van der Waals surface area contributed by atoms with E-state index in [2.05, 4.69) is 35.9 Å². The first kappa shape index (κ1) is 19.2. The van der Waals surface area contributed by atoms with Crippen LogP contribution in [0, 0.1) is 19.8 Å². The van der Waals surface area contributed by atoms with Crippen molar-refractivity contribution in [1.82, 2.24) is 34.5 Å². The first-order chi connectivity index (χ1) is 14.4. The minimum atomic E-state index is 0.227. The molecule has 4 heterocycles. The number of fused-ring (bicyclic) bond motifs is 3. The number of hydrogen-bond donors (Lipinski definition) is 0. The van der Waals surface area contributed by atoms with Gasteiger partial charge in [0.15, 0.2) is 17.3 Å². The van der Waals surface area contributed by atoms with Gasteiger partial charge in [0.1, 0.15) is 0 Å². The van der Waals surface area contributed by atoms with E-state index in [1.165, 1.54) is 19.3 Å². The number of piperidine rings is 1. The molecule has 0 N–H and O–H groups in total. The Morgan fingerprint density at radius 2 is 2.00 bits per heavy atom. The average Bonchev–Trinajstić information content (AvgIpc) is 3.49. The number of carbonyl (C=O) groups excluding carboxylic acids is 1. The molecule has 30 heavy (non-hydrogen) atoms. The summed E-state index contributed by atoms with van der Waals surface area (Å²) < 4.78 is 3.67. The second-order valence-corrected chi connectivity index (χ2v) is 9.11. The van der Waals surface area contributed by atoms with E-state index in [0.717, 1.165) is 53.1 Å². The average molecular weight is 408 g/mol. The molecule has 2 aliphatic rings. The van der Waals surface area contributed by atoms with Crippen LogP contribution >= 0.6 is 0 Å².